The molecule has 0 amide bonds. The minimum Gasteiger partial charge on any atom is -0.226 e. The second kappa shape index (κ2) is 2.45. The monoisotopic (exact) mass is 171 g/mol. The van der Waals surface area contributed by atoms with Gasteiger partial charge in [-0.3, -0.25) is 0 Å². The average Bonchev–Trinajstić information content (AvgIpc) is 2.85. The Balaban J connectivity index is 2.48. The number of rotatable bonds is 1. The standard InChI is InChI=1S/C8H9ClN2/c1-5-7(6-2-3-6)4-10-8(9)11-5/h4,6H,2-3H2,1H3/i1D3. The van der Waals surface area contributed by atoms with E-state index in [4.69, 9.17) is 15.7 Å². The first kappa shape index (κ1) is 4.41. The number of aryl methyl sites for hydroxylation is 1. The SMILES string of the molecule is [2H]C([2H])([2H])c1nc(Cl)ncc1C1CC1. The highest BCUT2D eigenvalue weighted by molar-refractivity contribution is 6.28. The Hall–Kier alpha value is -0.630. The molecule has 0 aliphatic heterocycles. The lowest BCUT2D eigenvalue weighted by atomic mass is 10.1. The Morgan fingerprint density at radius 1 is 1.73 bits per heavy atom. The summed E-state index contributed by atoms with van der Waals surface area (Å²) in [6, 6.07) is 0. The van der Waals surface area contributed by atoms with Gasteiger partial charge >= 0.3 is 0 Å². The summed E-state index contributed by atoms with van der Waals surface area (Å²) >= 11 is 5.58. The lowest BCUT2D eigenvalue weighted by molar-refractivity contribution is 0.987. The van der Waals surface area contributed by atoms with Crippen LogP contribution in [-0.4, -0.2) is 9.97 Å². The van der Waals surface area contributed by atoms with E-state index in [9.17, 15) is 0 Å². The first-order valence-electron chi connectivity index (χ1n) is 5.01. The van der Waals surface area contributed by atoms with Crippen molar-refractivity contribution in [2.75, 3.05) is 0 Å². The molecule has 0 unspecified atom stereocenters. The van der Waals surface area contributed by atoms with Gasteiger partial charge in [0.25, 0.3) is 0 Å². The summed E-state index contributed by atoms with van der Waals surface area (Å²) in [6.45, 7) is -2.19. The van der Waals surface area contributed by atoms with E-state index in [1.807, 2.05) is 0 Å². The smallest absolute Gasteiger partial charge is 0.222 e. The fourth-order valence-electron chi connectivity index (χ4n) is 1.06. The van der Waals surface area contributed by atoms with Gasteiger partial charge in [0.2, 0.25) is 5.28 Å². The largest absolute Gasteiger partial charge is 0.226 e. The molecule has 0 radical (unpaired) electrons. The molecular formula is C8H9ClN2. The molecule has 2 rings (SSSR count). The minimum atomic E-state index is -2.19. The van der Waals surface area contributed by atoms with Crippen molar-refractivity contribution in [1.82, 2.24) is 9.97 Å². The Bertz CT molecular complexity index is 360. The van der Waals surface area contributed by atoms with Crippen molar-refractivity contribution in [3.63, 3.8) is 0 Å². The summed E-state index contributed by atoms with van der Waals surface area (Å²) in [5, 5.41) is 0.000486. The molecule has 0 bridgehead atoms. The third-order valence-electron chi connectivity index (χ3n) is 1.80. The highest BCUT2D eigenvalue weighted by Gasteiger charge is 2.25. The summed E-state index contributed by atoms with van der Waals surface area (Å²) in [7, 11) is 0. The van der Waals surface area contributed by atoms with Crippen molar-refractivity contribution in [2.45, 2.75) is 25.6 Å². The molecule has 0 aromatic carbocycles. The van der Waals surface area contributed by atoms with Crippen LogP contribution in [0.5, 0.6) is 0 Å². The van der Waals surface area contributed by atoms with Gasteiger partial charge in [-0.2, -0.15) is 0 Å². The van der Waals surface area contributed by atoms with Gasteiger partial charge in [-0.1, -0.05) is 0 Å². The first-order valence-corrected chi connectivity index (χ1v) is 3.89. The van der Waals surface area contributed by atoms with Gasteiger partial charge in [0.1, 0.15) is 0 Å². The fourth-order valence-corrected chi connectivity index (χ4v) is 1.20. The zero-order chi connectivity index (χ0) is 10.3. The van der Waals surface area contributed by atoms with E-state index in [1.54, 1.807) is 0 Å². The molecule has 2 nitrogen and oxygen atoms in total. The van der Waals surface area contributed by atoms with Crippen LogP contribution in [0.15, 0.2) is 6.20 Å². The van der Waals surface area contributed by atoms with Gasteiger partial charge in [0.05, 0.1) is 0 Å². The average molecular weight is 172 g/mol. The van der Waals surface area contributed by atoms with E-state index in [-0.39, 0.29) is 11.0 Å². The van der Waals surface area contributed by atoms with Crippen LogP contribution in [0.1, 0.15) is 34.1 Å². The third kappa shape index (κ3) is 1.36. The lowest BCUT2D eigenvalue weighted by Crippen LogP contribution is -1.92. The Morgan fingerprint density at radius 3 is 3.18 bits per heavy atom. The quantitative estimate of drug-likeness (QED) is 0.606. The van der Waals surface area contributed by atoms with Crippen molar-refractivity contribution in [3.05, 3.63) is 22.7 Å². The molecule has 1 saturated carbocycles. The van der Waals surface area contributed by atoms with Crippen LogP contribution >= 0.6 is 11.6 Å². The molecule has 1 aliphatic carbocycles. The number of nitrogens with zero attached hydrogens (tertiary/aromatic N) is 2. The van der Waals surface area contributed by atoms with Gasteiger partial charge in [0, 0.05) is 16.0 Å². The molecule has 0 atom stereocenters. The van der Waals surface area contributed by atoms with Crippen molar-refractivity contribution < 1.29 is 4.11 Å². The van der Waals surface area contributed by atoms with Crippen molar-refractivity contribution >= 4 is 11.6 Å². The highest BCUT2D eigenvalue weighted by Crippen LogP contribution is 2.40. The van der Waals surface area contributed by atoms with Crippen LogP contribution in [0.25, 0.3) is 0 Å². The molecule has 1 fully saturated rings. The molecule has 1 aromatic rings. The maximum atomic E-state index is 7.32. The highest BCUT2D eigenvalue weighted by atomic mass is 35.5. The molecule has 1 aliphatic rings. The second-order valence-electron chi connectivity index (χ2n) is 2.72. The predicted octanol–water partition coefficient (Wildman–Crippen LogP) is 2.32. The van der Waals surface area contributed by atoms with Gasteiger partial charge in [-0.05, 0) is 42.8 Å². The molecule has 58 valence electrons. The summed E-state index contributed by atoms with van der Waals surface area (Å²) in [5.41, 5.74) is 0.842. The van der Waals surface area contributed by atoms with Crippen LogP contribution in [0.3, 0.4) is 0 Å². The maximum Gasteiger partial charge on any atom is 0.222 e. The Kier molecular flexibility index (Phi) is 0.982. The van der Waals surface area contributed by atoms with Gasteiger partial charge in [-0.15, -0.1) is 0 Å². The first-order chi connectivity index (χ1) is 6.48. The molecule has 0 saturated heterocycles. The van der Waals surface area contributed by atoms with E-state index in [0.717, 1.165) is 18.4 Å². The Labute approximate surface area is 74.8 Å². The van der Waals surface area contributed by atoms with Gasteiger partial charge < -0.3 is 0 Å². The molecule has 3 heteroatoms. The van der Waals surface area contributed by atoms with Crippen molar-refractivity contribution in [2.24, 2.45) is 0 Å². The topological polar surface area (TPSA) is 25.8 Å². The minimum absolute atomic E-state index is 0.000486. The summed E-state index contributed by atoms with van der Waals surface area (Å²) in [6.07, 6.45) is 3.58. The molecule has 1 heterocycles. The maximum absolute atomic E-state index is 7.32. The van der Waals surface area contributed by atoms with Crippen molar-refractivity contribution in [3.8, 4) is 0 Å². The van der Waals surface area contributed by atoms with Crippen LogP contribution < -0.4 is 0 Å². The Morgan fingerprint density at radius 2 is 2.55 bits per heavy atom. The predicted molar refractivity (Wildman–Crippen MR) is 43.8 cm³/mol. The van der Waals surface area contributed by atoms with E-state index < -0.39 is 6.85 Å². The normalized spacial score (nSPS) is 22.1. The van der Waals surface area contributed by atoms with Crippen LogP contribution in [0.2, 0.25) is 5.28 Å². The summed E-state index contributed by atoms with van der Waals surface area (Å²) in [5.74, 6) is 0.322. The third-order valence-corrected chi connectivity index (χ3v) is 1.99. The molecule has 1 aromatic heterocycles. The molecule has 0 spiro atoms. The number of aromatic nitrogens is 2. The number of hydrogen-bond acceptors (Lipinski definition) is 2. The van der Waals surface area contributed by atoms with E-state index in [1.165, 1.54) is 6.20 Å². The van der Waals surface area contributed by atoms with E-state index in [2.05, 4.69) is 9.97 Å². The van der Waals surface area contributed by atoms with Gasteiger partial charge in [0.15, 0.2) is 0 Å². The number of halogens is 1. The molecule has 0 N–H and O–H groups in total. The van der Waals surface area contributed by atoms with Crippen LogP contribution in [-0.2, 0) is 0 Å². The molecular weight excluding hydrogens is 160 g/mol. The van der Waals surface area contributed by atoms with Crippen molar-refractivity contribution in [1.29, 1.82) is 0 Å². The van der Waals surface area contributed by atoms with Gasteiger partial charge in [-0.25, -0.2) is 9.97 Å². The summed E-state index contributed by atoms with van der Waals surface area (Å²) < 4.78 is 21.9. The zero-order valence-corrected chi connectivity index (χ0v) is 6.60. The second-order valence-corrected chi connectivity index (χ2v) is 3.06. The zero-order valence-electron chi connectivity index (χ0n) is 8.84. The summed E-state index contributed by atoms with van der Waals surface area (Å²) in [4.78, 5) is 7.62. The number of hydrogen-bond donors (Lipinski definition) is 0. The van der Waals surface area contributed by atoms with Crippen LogP contribution in [0, 0.1) is 6.85 Å². The lowest BCUT2D eigenvalue weighted by Gasteiger charge is -2.00. The van der Waals surface area contributed by atoms with E-state index in [0.29, 0.717) is 5.92 Å². The van der Waals surface area contributed by atoms with E-state index >= 15 is 0 Å². The van der Waals surface area contributed by atoms with Crippen LogP contribution in [0.4, 0.5) is 0 Å². The fraction of sp³-hybridized carbons (Fsp3) is 0.500. The molecule has 11 heavy (non-hydrogen) atoms.